The molecular weight excluding hydrogens is 585 g/mol. The summed E-state index contributed by atoms with van der Waals surface area (Å²) in [7, 11) is 0. The fraction of sp³-hybridized carbons (Fsp3) is 0. The van der Waals surface area contributed by atoms with Gasteiger partial charge in [-0.2, -0.15) is 0 Å². The Hall–Kier alpha value is -6.45. The average Bonchev–Trinajstić information content (AvgIpc) is 3.69. The van der Waals surface area contributed by atoms with Gasteiger partial charge in [-0.15, -0.1) is 0 Å². The van der Waals surface area contributed by atoms with Gasteiger partial charge in [-0.25, -0.2) is 4.98 Å². The SMILES string of the molecule is c1ccc(-c2cc(-c3ccc(-n4c5ccccc5c5ccc6oc7cc8ccccc8cc7c6c54)cc3)cc(-c3ccccc3)n2)cc1. The van der Waals surface area contributed by atoms with Gasteiger partial charge in [0.05, 0.1) is 27.8 Å². The van der Waals surface area contributed by atoms with Crippen LogP contribution in [0.5, 0.6) is 0 Å². The van der Waals surface area contributed by atoms with Crippen LogP contribution in [0.15, 0.2) is 174 Å². The molecule has 0 saturated heterocycles. The van der Waals surface area contributed by atoms with Gasteiger partial charge in [0.1, 0.15) is 11.2 Å². The lowest BCUT2D eigenvalue weighted by atomic mass is 9.99. The van der Waals surface area contributed by atoms with Gasteiger partial charge in [-0.05, 0) is 76.5 Å². The second kappa shape index (κ2) is 10.5. The first-order valence-corrected chi connectivity index (χ1v) is 16.3. The van der Waals surface area contributed by atoms with Crippen molar-refractivity contribution in [3.8, 4) is 39.3 Å². The van der Waals surface area contributed by atoms with Crippen LogP contribution in [0.3, 0.4) is 0 Å². The first-order chi connectivity index (χ1) is 23.8. The Morgan fingerprint density at radius 2 is 1.04 bits per heavy atom. The van der Waals surface area contributed by atoms with Gasteiger partial charge in [0, 0.05) is 33.0 Å². The van der Waals surface area contributed by atoms with Gasteiger partial charge >= 0.3 is 0 Å². The third kappa shape index (κ3) is 4.18. The Bertz CT molecular complexity index is 2750. The van der Waals surface area contributed by atoms with E-state index in [1.807, 2.05) is 12.1 Å². The average molecular weight is 613 g/mol. The summed E-state index contributed by atoms with van der Waals surface area (Å²) in [5.41, 5.74) is 11.6. The standard InChI is InChI=1S/C45H28N2O/c1-3-11-30(12-4-1)39-26-34(27-40(46-39)31-13-5-2-6-14-31)29-19-21-35(22-20-29)47-41-18-10-9-17-36(41)37-23-24-42-44(45(37)47)38-25-32-15-7-8-16-33(32)28-43(38)48-42/h1-28H. The largest absolute Gasteiger partial charge is 0.456 e. The summed E-state index contributed by atoms with van der Waals surface area (Å²) in [6.07, 6.45) is 0. The molecule has 3 heteroatoms. The molecule has 0 radical (unpaired) electrons. The van der Waals surface area contributed by atoms with Crippen molar-refractivity contribution in [2.24, 2.45) is 0 Å². The smallest absolute Gasteiger partial charge is 0.137 e. The number of fused-ring (bicyclic) bond motifs is 8. The summed E-state index contributed by atoms with van der Waals surface area (Å²) in [6, 6.07) is 60.1. The lowest BCUT2D eigenvalue weighted by Crippen LogP contribution is -1.95. The van der Waals surface area contributed by atoms with Crippen LogP contribution in [-0.2, 0) is 0 Å². The van der Waals surface area contributed by atoms with E-state index in [2.05, 4.69) is 162 Å². The number of hydrogen-bond donors (Lipinski definition) is 0. The molecule has 0 bridgehead atoms. The Morgan fingerprint density at radius 1 is 0.417 bits per heavy atom. The van der Waals surface area contributed by atoms with E-state index in [4.69, 9.17) is 9.40 Å². The van der Waals surface area contributed by atoms with Crippen LogP contribution in [0.4, 0.5) is 0 Å². The molecule has 224 valence electrons. The number of rotatable bonds is 4. The molecule has 0 N–H and O–H groups in total. The van der Waals surface area contributed by atoms with Gasteiger partial charge in [-0.3, -0.25) is 0 Å². The van der Waals surface area contributed by atoms with Gasteiger partial charge in [0.15, 0.2) is 0 Å². The van der Waals surface area contributed by atoms with Crippen molar-refractivity contribution in [1.82, 2.24) is 9.55 Å². The Balaban J connectivity index is 1.18. The molecule has 0 aliphatic carbocycles. The predicted molar refractivity (Wildman–Crippen MR) is 200 cm³/mol. The van der Waals surface area contributed by atoms with Crippen molar-refractivity contribution >= 4 is 54.5 Å². The molecule has 0 spiro atoms. The molecule has 3 aromatic heterocycles. The van der Waals surface area contributed by atoms with Gasteiger partial charge < -0.3 is 8.98 Å². The van der Waals surface area contributed by atoms with Crippen molar-refractivity contribution < 1.29 is 4.42 Å². The topological polar surface area (TPSA) is 31.0 Å². The van der Waals surface area contributed by atoms with Crippen LogP contribution >= 0.6 is 0 Å². The number of nitrogens with zero attached hydrogens (tertiary/aromatic N) is 2. The van der Waals surface area contributed by atoms with Crippen LogP contribution in [0.2, 0.25) is 0 Å². The number of benzene rings is 7. The molecule has 3 heterocycles. The summed E-state index contributed by atoms with van der Waals surface area (Å²) < 4.78 is 8.91. The summed E-state index contributed by atoms with van der Waals surface area (Å²) in [6.45, 7) is 0. The predicted octanol–water partition coefficient (Wildman–Crippen LogP) is 12.2. The molecule has 0 amide bonds. The van der Waals surface area contributed by atoms with Crippen LogP contribution in [0, 0.1) is 0 Å². The van der Waals surface area contributed by atoms with E-state index >= 15 is 0 Å². The minimum atomic E-state index is 0.896. The molecule has 0 saturated carbocycles. The van der Waals surface area contributed by atoms with Crippen LogP contribution in [0.25, 0.3) is 93.8 Å². The lowest BCUT2D eigenvalue weighted by Gasteiger charge is -2.12. The molecular formula is C45H28N2O. The zero-order valence-electron chi connectivity index (χ0n) is 26.0. The summed E-state index contributed by atoms with van der Waals surface area (Å²) in [4.78, 5) is 5.08. The highest BCUT2D eigenvalue weighted by molar-refractivity contribution is 6.25. The quantitative estimate of drug-likeness (QED) is 0.198. The van der Waals surface area contributed by atoms with Crippen molar-refractivity contribution in [2.45, 2.75) is 0 Å². The maximum atomic E-state index is 6.51. The van der Waals surface area contributed by atoms with E-state index in [0.29, 0.717) is 0 Å². The zero-order valence-corrected chi connectivity index (χ0v) is 26.0. The lowest BCUT2D eigenvalue weighted by molar-refractivity contribution is 0.669. The number of furan rings is 1. The monoisotopic (exact) mass is 612 g/mol. The Labute approximate surface area is 277 Å². The highest BCUT2D eigenvalue weighted by atomic mass is 16.3. The molecule has 0 fully saturated rings. The van der Waals surface area contributed by atoms with Gasteiger partial charge in [0.2, 0.25) is 0 Å². The summed E-state index contributed by atoms with van der Waals surface area (Å²) >= 11 is 0. The van der Waals surface area contributed by atoms with Crippen LogP contribution in [-0.4, -0.2) is 9.55 Å². The second-order valence-corrected chi connectivity index (χ2v) is 12.4. The number of hydrogen-bond acceptors (Lipinski definition) is 2. The highest BCUT2D eigenvalue weighted by Gasteiger charge is 2.19. The molecule has 3 nitrogen and oxygen atoms in total. The molecule has 7 aromatic carbocycles. The summed E-state index contributed by atoms with van der Waals surface area (Å²) in [5.74, 6) is 0. The van der Waals surface area contributed by atoms with E-state index in [1.54, 1.807) is 0 Å². The van der Waals surface area contributed by atoms with Gasteiger partial charge in [-0.1, -0.05) is 115 Å². The minimum absolute atomic E-state index is 0.896. The fourth-order valence-electron chi connectivity index (χ4n) is 7.28. The number of para-hydroxylation sites is 1. The Kier molecular flexibility index (Phi) is 5.87. The first-order valence-electron chi connectivity index (χ1n) is 16.3. The maximum absolute atomic E-state index is 6.51. The van der Waals surface area contributed by atoms with Gasteiger partial charge in [0.25, 0.3) is 0 Å². The zero-order chi connectivity index (χ0) is 31.6. The van der Waals surface area contributed by atoms with E-state index in [9.17, 15) is 0 Å². The molecule has 48 heavy (non-hydrogen) atoms. The van der Waals surface area contributed by atoms with Crippen molar-refractivity contribution in [3.63, 3.8) is 0 Å². The Morgan fingerprint density at radius 3 is 1.75 bits per heavy atom. The van der Waals surface area contributed by atoms with E-state index in [-0.39, 0.29) is 0 Å². The maximum Gasteiger partial charge on any atom is 0.137 e. The van der Waals surface area contributed by atoms with E-state index in [0.717, 1.165) is 66.8 Å². The minimum Gasteiger partial charge on any atom is -0.456 e. The van der Waals surface area contributed by atoms with E-state index in [1.165, 1.54) is 27.1 Å². The molecule has 0 aliphatic heterocycles. The second-order valence-electron chi connectivity index (χ2n) is 12.4. The van der Waals surface area contributed by atoms with Crippen molar-refractivity contribution in [2.75, 3.05) is 0 Å². The molecule has 10 aromatic rings. The summed E-state index contributed by atoms with van der Waals surface area (Å²) in [5, 5.41) is 7.10. The molecule has 0 aliphatic rings. The molecule has 10 rings (SSSR count). The van der Waals surface area contributed by atoms with E-state index < -0.39 is 0 Å². The van der Waals surface area contributed by atoms with Crippen LogP contribution in [0.1, 0.15) is 0 Å². The fourth-order valence-corrected chi connectivity index (χ4v) is 7.28. The van der Waals surface area contributed by atoms with Crippen LogP contribution < -0.4 is 0 Å². The first kappa shape index (κ1) is 26.7. The molecule has 0 unspecified atom stereocenters. The molecule has 0 atom stereocenters. The van der Waals surface area contributed by atoms with Crippen molar-refractivity contribution in [1.29, 1.82) is 0 Å². The van der Waals surface area contributed by atoms with Crippen molar-refractivity contribution in [3.05, 3.63) is 170 Å². The normalized spacial score (nSPS) is 11.8. The number of aromatic nitrogens is 2. The third-order valence-electron chi connectivity index (χ3n) is 9.56. The third-order valence-corrected chi connectivity index (χ3v) is 9.56. The highest BCUT2D eigenvalue weighted by Crippen LogP contribution is 2.42. The number of pyridine rings is 1.